The lowest BCUT2D eigenvalue weighted by Gasteiger charge is -2.06. The van der Waals surface area contributed by atoms with Crippen molar-refractivity contribution in [2.75, 3.05) is 0 Å². The van der Waals surface area contributed by atoms with Gasteiger partial charge in [-0.3, -0.25) is 0 Å². The molecule has 2 rings (SSSR count). The molecule has 0 aliphatic rings. The maximum Gasteiger partial charge on any atom is 0.0484 e. The van der Waals surface area contributed by atoms with Gasteiger partial charge >= 0.3 is 0 Å². The molecule has 2 aromatic carbocycles. The zero-order chi connectivity index (χ0) is 12.1. The van der Waals surface area contributed by atoms with Gasteiger partial charge in [0.05, 0.1) is 0 Å². The van der Waals surface area contributed by atoms with Crippen LogP contribution in [-0.2, 0) is 0 Å². The van der Waals surface area contributed by atoms with Crippen molar-refractivity contribution in [3.05, 3.63) is 76.8 Å². The summed E-state index contributed by atoms with van der Waals surface area (Å²) in [4.78, 5) is 0. The van der Waals surface area contributed by atoms with Crippen LogP contribution in [0.4, 0.5) is 0 Å². The highest BCUT2D eigenvalue weighted by atomic mass is 35.5. The first kappa shape index (κ1) is 11.9. The highest BCUT2D eigenvalue weighted by molar-refractivity contribution is 6.30. The predicted molar refractivity (Wildman–Crippen MR) is 73.9 cm³/mol. The molecule has 1 atom stereocenters. The van der Waals surface area contributed by atoms with Crippen molar-refractivity contribution in [1.29, 1.82) is 0 Å². The Morgan fingerprint density at radius 1 is 0.941 bits per heavy atom. The quantitative estimate of drug-likeness (QED) is 0.865. The van der Waals surface area contributed by atoms with E-state index in [1.54, 1.807) is 0 Å². The first-order chi connectivity index (χ1) is 8.25. The normalized spacial score (nSPS) is 12.8. The van der Waals surface area contributed by atoms with E-state index in [0.717, 1.165) is 16.1 Å². The molecule has 0 spiro atoms. The van der Waals surface area contributed by atoms with Crippen molar-refractivity contribution in [1.82, 2.24) is 0 Å². The molecule has 2 aromatic rings. The molecule has 0 saturated heterocycles. The third-order valence-electron chi connectivity index (χ3n) is 2.55. The summed E-state index contributed by atoms with van der Waals surface area (Å²) in [5, 5.41) is 0.745. The van der Waals surface area contributed by atoms with Gasteiger partial charge in [-0.25, -0.2) is 0 Å². The SMILES string of the molecule is NC(/C=C/c1ccc(Cl)cc1)c1ccccc1. The molecule has 0 saturated carbocycles. The van der Waals surface area contributed by atoms with Gasteiger partial charge < -0.3 is 5.73 Å². The monoisotopic (exact) mass is 243 g/mol. The first-order valence-electron chi connectivity index (χ1n) is 5.50. The summed E-state index contributed by atoms with van der Waals surface area (Å²) in [5.41, 5.74) is 8.27. The van der Waals surface area contributed by atoms with Gasteiger partial charge in [0.1, 0.15) is 0 Å². The van der Waals surface area contributed by atoms with Crippen LogP contribution in [0.25, 0.3) is 6.08 Å². The summed E-state index contributed by atoms with van der Waals surface area (Å²) in [5.74, 6) is 0. The fraction of sp³-hybridized carbons (Fsp3) is 0.0667. The maximum absolute atomic E-state index is 6.06. The average molecular weight is 244 g/mol. The molecule has 2 heteroatoms. The molecule has 0 bridgehead atoms. The van der Waals surface area contributed by atoms with Crippen LogP contribution in [0.3, 0.4) is 0 Å². The highest BCUT2D eigenvalue weighted by Gasteiger charge is 1.99. The van der Waals surface area contributed by atoms with Crippen molar-refractivity contribution in [3.63, 3.8) is 0 Å². The second kappa shape index (κ2) is 5.67. The van der Waals surface area contributed by atoms with Crippen LogP contribution in [-0.4, -0.2) is 0 Å². The Balaban J connectivity index is 2.08. The van der Waals surface area contributed by atoms with Crippen LogP contribution in [0.1, 0.15) is 17.2 Å². The lowest BCUT2D eigenvalue weighted by molar-refractivity contribution is 0.916. The van der Waals surface area contributed by atoms with E-state index in [4.69, 9.17) is 17.3 Å². The van der Waals surface area contributed by atoms with Crippen LogP contribution in [0.2, 0.25) is 5.02 Å². The number of hydrogen-bond donors (Lipinski definition) is 1. The van der Waals surface area contributed by atoms with Crippen molar-refractivity contribution in [2.45, 2.75) is 6.04 Å². The summed E-state index contributed by atoms with van der Waals surface area (Å²) in [6, 6.07) is 17.6. The fourth-order valence-corrected chi connectivity index (χ4v) is 1.70. The number of benzene rings is 2. The summed E-state index contributed by atoms with van der Waals surface area (Å²) in [7, 11) is 0. The van der Waals surface area contributed by atoms with Gasteiger partial charge in [0, 0.05) is 11.1 Å². The smallest absolute Gasteiger partial charge is 0.0484 e. The van der Waals surface area contributed by atoms with Crippen LogP contribution < -0.4 is 5.73 Å². The van der Waals surface area contributed by atoms with E-state index in [9.17, 15) is 0 Å². The van der Waals surface area contributed by atoms with E-state index in [1.807, 2.05) is 66.7 Å². The Bertz CT molecular complexity index is 488. The Kier molecular flexibility index (Phi) is 3.97. The van der Waals surface area contributed by atoms with Gasteiger partial charge in [-0.15, -0.1) is 0 Å². The topological polar surface area (TPSA) is 26.0 Å². The van der Waals surface area contributed by atoms with E-state index >= 15 is 0 Å². The van der Waals surface area contributed by atoms with E-state index in [0.29, 0.717) is 0 Å². The average Bonchev–Trinajstić information content (AvgIpc) is 2.39. The molecular weight excluding hydrogens is 230 g/mol. The minimum Gasteiger partial charge on any atom is -0.321 e. The molecule has 0 aliphatic heterocycles. The molecule has 0 amide bonds. The number of hydrogen-bond acceptors (Lipinski definition) is 1. The molecule has 86 valence electrons. The minimum absolute atomic E-state index is 0.0770. The second-order valence-corrected chi connectivity index (χ2v) is 4.28. The Morgan fingerprint density at radius 2 is 1.59 bits per heavy atom. The molecule has 2 N–H and O–H groups in total. The molecule has 0 aliphatic carbocycles. The van der Waals surface area contributed by atoms with Gasteiger partial charge in [0.25, 0.3) is 0 Å². The zero-order valence-corrected chi connectivity index (χ0v) is 10.1. The summed E-state index contributed by atoms with van der Waals surface area (Å²) >= 11 is 5.82. The second-order valence-electron chi connectivity index (χ2n) is 3.85. The summed E-state index contributed by atoms with van der Waals surface area (Å²) < 4.78 is 0. The van der Waals surface area contributed by atoms with Crippen molar-refractivity contribution < 1.29 is 0 Å². The molecule has 0 fully saturated rings. The Hall–Kier alpha value is -1.57. The molecule has 0 radical (unpaired) electrons. The van der Waals surface area contributed by atoms with Crippen molar-refractivity contribution in [3.8, 4) is 0 Å². The third-order valence-corrected chi connectivity index (χ3v) is 2.80. The lowest BCUT2D eigenvalue weighted by Crippen LogP contribution is -2.06. The molecule has 1 unspecified atom stereocenters. The number of rotatable bonds is 3. The van der Waals surface area contributed by atoms with E-state index < -0.39 is 0 Å². The van der Waals surface area contributed by atoms with Gasteiger partial charge in [-0.1, -0.05) is 66.2 Å². The molecule has 0 heterocycles. The summed E-state index contributed by atoms with van der Waals surface area (Å²) in [6.07, 6.45) is 3.99. The molecular formula is C15H14ClN. The van der Waals surface area contributed by atoms with Crippen LogP contribution in [0.15, 0.2) is 60.7 Å². The van der Waals surface area contributed by atoms with Gasteiger partial charge in [0.15, 0.2) is 0 Å². The molecule has 0 aromatic heterocycles. The largest absolute Gasteiger partial charge is 0.321 e. The van der Waals surface area contributed by atoms with Gasteiger partial charge in [-0.05, 0) is 23.3 Å². The molecule has 1 nitrogen and oxygen atoms in total. The van der Waals surface area contributed by atoms with Crippen LogP contribution in [0, 0.1) is 0 Å². The van der Waals surface area contributed by atoms with Crippen LogP contribution in [0.5, 0.6) is 0 Å². The summed E-state index contributed by atoms with van der Waals surface area (Å²) in [6.45, 7) is 0. The Labute approximate surface area is 107 Å². The minimum atomic E-state index is -0.0770. The van der Waals surface area contributed by atoms with E-state index in [1.165, 1.54) is 0 Å². The maximum atomic E-state index is 6.06. The van der Waals surface area contributed by atoms with Gasteiger partial charge in [-0.2, -0.15) is 0 Å². The zero-order valence-electron chi connectivity index (χ0n) is 9.38. The molecule has 17 heavy (non-hydrogen) atoms. The van der Waals surface area contributed by atoms with E-state index in [-0.39, 0.29) is 6.04 Å². The first-order valence-corrected chi connectivity index (χ1v) is 5.88. The van der Waals surface area contributed by atoms with Crippen LogP contribution >= 0.6 is 11.6 Å². The lowest BCUT2D eigenvalue weighted by atomic mass is 10.1. The fourth-order valence-electron chi connectivity index (χ4n) is 1.58. The highest BCUT2D eigenvalue weighted by Crippen LogP contribution is 2.14. The third kappa shape index (κ3) is 3.45. The van der Waals surface area contributed by atoms with Crippen molar-refractivity contribution in [2.24, 2.45) is 5.73 Å². The van der Waals surface area contributed by atoms with E-state index in [2.05, 4.69) is 0 Å². The standard InChI is InChI=1S/C15H14ClN/c16-14-9-6-12(7-10-14)8-11-15(17)13-4-2-1-3-5-13/h1-11,15H,17H2/b11-8+. The number of halogens is 1. The number of nitrogens with two attached hydrogens (primary N) is 1. The van der Waals surface area contributed by atoms with Crippen molar-refractivity contribution >= 4 is 17.7 Å². The predicted octanol–water partition coefficient (Wildman–Crippen LogP) is 4.05. The Morgan fingerprint density at radius 3 is 2.24 bits per heavy atom. The van der Waals surface area contributed by atoms with Gasteiger partial charge in [0.2, 0.25) is 0 Å².